The number of aryl methyl sites for hydroxylation is 1. The maximum atomic E-state index is 13.3. The Morgan fingerprint density at radius 1 is 0.914 bits per heavy atom. The van der Waals surface area contributed by atoms with Gasteiger partial charge in [0.15, 0.2) is 6.73 Å². The predicted octanol–water partition coefficient (Wildman–Crippen LogP) is 5.59. The van der Waals surface area contributed by atoms with Gasteiger partial charge in [0.1, 0.15) is 11.4 Å². The highest BCUT2D eigenvalue weighted by Crippen LogP contribution is 2.24. The minimum absolute atomic E-state index is 0.239. The van der Waals surface area contributed by atoms with Crippen LogP contribution in [0.2, 0.25) is 0 Å². The molecule has 0 bridgehead atoms. The molecule has 0 atom stereocenters. The molecule has 0 spiro atoms. The largest absolute Gasteiger partial charge is 0.471 e. The van der Waals surface area contributed by atoms with Gasteiger partial charge in [-0.1, -0.05) is 67.6 Å². The number of benzene rings is 3. The predicted molar refractivity (Wildman–Crippen MR) is 136 cm³/mol. The number of ether oxygens (including phenoxy) is 1. The van der Waals surface area contributed by atoms with Gasteiger partial charge in [0.2, 0.25) is 0 Å². The first-order chi connectivity index (χ1) is 17.2. The van der Waals surface area contributed by atoms with E-state index < -0.39 is 0 Å². The average Bonchev–Trinajstić information content (AvgIpc) is 3.56. The number of hydrogen-bond donors (Lipinski definition) is 1. The molecule has 3 aromatic carbocycles. The molecular weight excluding hydrogens is 438 g/mol. The standard InChI is InChI=1S/C28H25N5O2/c1-2-21-13-15-25(16-14-21)35-20-32-18-23(17-29-32)30-28(34)26-19-33(24-11-7-4-8-12-24)31-27(26)22-9-5-3-6-10-22/h3-19H,2,20H2,1H3,(H,30,34). The van der Waals surface area contributed by atoms with E-state index in [2.05, 4.69) is 17.3 Å². The van der Waals surface area contributed by atoms with E-state index in [0.717, 1.165) is 23.4 Å². The molecule has 0 aliphatic rings. The maximum absolute atomic E-state index is 13.3. The van der Waals surface area contributed by atoms with Crippen molar-refractivity contribution in [3.05, 3.63) is 115 Å². The summed E-state index contributed by atoms with van der Waals surface area (Å²) < 4.78 is 9.15. The van der Waals surface area contributed by atoms with E-state index in [9.17, 15) is 4.79 Å². The van der Waals surface area contributed by atoms with Gasteiger partial charge in [-0.25, -0.2) is 9.36 Å². The van der Waals surface area contributed by atoms with Crippen LogP contribution in [-0.2, 0) is 13.2 Å². The first kappa shape index (κ1) is 22.2. The number of hydrogen-bond acceptors (Lipinski definition) is 4. The summed E-state index contributed by atoms with van der Waals surface area (Å²) in [5.41, 5.74) is 4.66. The average molecular weight is 464 g/mol. The summed E-state index contributed by atoms with van der Waals surface area (Å²) >= 11 is 0. The second-order valence-electron chi connectivity index (χ2n) is 8.03. The van der Waals surface area contributed by atoms with E-state index in [1.807, 2.05) is 84.9 Å². The minimum Gasteiger partial charge on any atom is -0.471 e. The zero-order chi connectivity index (χ0) is 24.0. The number of nitrogens with one attached hydrogen (secondary N) is 1. The molecule has 7 heteroatoms. The first-order valence-corrected chi connectivity index (χ1v) is 11.5. The van der Waals surface area contributed by atoms with Crippen molar-refractivity contribution in [1.29, 1.82) is 0 Å². The van der Waals surface area contributed by atoms with Crippen molar-refractivity contribution in [2.75, 3.05) is 5.32 Å². The molecule has 2 aromatic heterocycles. The normalized spacial score (nSPS) is 10.8. The van der Waals surface area contributed by atoms with Crippen molar-refractivity contribution in [2.24, 2.45) is 0 Å². The summed E-state index contributed by atoms with van der Waals surface area (Å²) in [7, 11) is 0. The lowest BCUT2D eigenvalue weighted by Crippen LogP contribution is -2.12. The van der Waals surface area contributed by atoms with Crippen molar-refractivity contribution in [2.45, 2.75) is 20.1 Å². The molecule has 0 aliphatic carbocycles. The Bertz CT molecular complexity index is 1410. The van der Waals surface area contributed by atoms with Crippen LogP contribution in [0.25, 0.3) is 16.9 Å². The van der Waals surface area contributed by atoms with Gasteiger partial charge in [-0.15, -0.1) is 0 Å². The number of anilines is 1. The summed E-state index contributed by atoms with van der Waals surface area (Å²) in [6, 6.07) is 27.4. The smallest absolute Gasteiger partial charge is 0.259 e. The van der Waals surface area contributed by atoms with E-state index in [1.54, 1.807) is 28.0 Å². The third-order valence-corrected chi connectivity index (χ3v) is 5.61. The van der Waals surface area contributed by atoms with Crippen LogP contribution in [-0.4, -0.2) is 25.5 Å². The lowest BCUT2D eigenvalue weighted by Gasteiger charge is -2.06. The molecule has 174 valence electrons. The Morgan fingerprint density at radius 2 is 1.63 bits per heavy atom. The van der Waals surface area contributed by atoms with Crippen LogP contribution in [0.15, 0.2) is 104 Å². The fourth-order valence-electron chi connectivity index (χ4n) is 3.72. The molecule has 7 nitrogen and oxygen atoms in total. The van der Waals surface area contributed by atoms with Crippen molar-refractivity contribution >= 4 is 11.6 Å². The second-order valence-corrected chi connectivity index (χ2v) is 8.03. The van der Waals surface area contributed by atoms with Gasteiger partial charge < -0.3 is 10.1 Å². The SMILES string of the molecule is CCc1ccc(OCn2cc(NC(=O)c3cn(-c4ccccc4)nc3-c3ccccc3)cn2)cc1. The Morgan fingerprint density at radius 3 is 2.34 bits per heavy atom. The van der Waals surface area contributed by atoms with Crippen molar-refractivity contribution in [3.8, 4) is 22.7 Å². The summed E-state index contributed by atoms with van der Waals surface area (Å²) in [5.74, 6) is 0.505. The van der Waals surface area contributed by atoms with Gasteiger partial charge in [-0.05, 0) is 36.2 Å². The first-order valence-electron chi connectivity index (χ1n) is 11.5. The van der Waals surface area contributed by atoms with Crippen molar-refractivity contribution < 1.29 is 9.53 Å². The Hall–Kier alpha value is -4.65. The highest BCUT2D eigenvalue weighted by atomic mass is 16.5. The molecule has 35 heavy (non-hydrogen) atoms. The third-order valence-electron chi connectivity index (χ3n) is 5.61. The zero-order valence-corrected chi connectivity index (χ0v) is 19.3. The molecule has 5 rings (SSSR count). The highest BCUT2D eigenvalue weighted by Gasteiger charge is 2.19. The minimum atomic E-state index is -0.262. The van der Waals surface area contributed by atoms with E-state index in [4.69, 9.17) is 9.84 Å². The molecule has 0 radical (unpaired) electrons. The lowest BCUT2D eigenvalue weighted by molar-refractivity contribution is 0.102. The van der Waals surface area contributed by atoms with E-state index >= 15 is 0 Å². The number of rotatable bonds is 8. The number of amides is 1. The van der Waals surface area contributed by atoms with Crippen molar-refractivity contribution in [1.82, 2.24) is 19.6 Å². The topological polar surface area (TPSA) is 74.0 Å². The Labute approximate surface area is 203 Å². The van der Waals surface area contributed by atoms with Gasteiger partial charge >= 0.3 is 0 Å². The van der Waals surface area contributed by atoms with Gasteiger partial charge in [0.25, 0.3) is 5.91 Å². The van der Waals surface area contributed by atoms with E-state index in [0.29, 0.717) is 16.9 Å². The molecule has 0 fully saturated rings. The molecule has 0 saturated carbocycles. The molecule has 0 saturated heterocycles. The number of nitrogens with zero attached hydrogens (tertiary/aromatic N) is 4. The summed E-state index contributed by atoms with van der Waals surface area (Å²) in [4.78, 5) is 13.3. The van der Waals surface area contributed by atoms with Gasteiger partial charge in [0, 0.05) is 11.8 Å². The highest BCUT2D eigenvalue weighted by molar-refractivity contribution is 6.08. The monoisotopic (exact) mass is 463 g/mol. The summed E-state index contributed by atoms with van der Waals surface area (Å²) in [6.45, 7) is 2.35. The molecular formula is C28H25N5O2. The van der Waals surface area contributed by atoms with Crippen molar-refractivity contribution in [3.63, 3.8) is 0 Å². The molecule has 0 unspecified atom stereocenters. The fraction of sp³-hybridized carbons (Fsp3) is 0.107. The fourth-order valence-corrected chi connectivity index (χ4v) is 3.72. The Kier molecular flexibility index (Phi) is 6.39. The van der Waals surface area contributed by atoms with Crippen LogP contribution < -0.4 is 10.1 Å². The molecule has 5 aromatic rings. The van der Waals surface area contributed by atoms with Crippen LogP contribution in [0.5, 0.6) is 5.75 Å². The maximum Gasteiger partial charge on any atom is 0.259 e. The van der Waals surface area contributed by atoms with Crippen LogP contribution in [0, 0.1) is 0 Å². The van der Waals surface area contributed by atoms with Gasteiger partial charge in [-0.3, -0.25) is 4.79 Å². The summed E-state index contributed by atoms with van der Waals surface area (Å²) in [5, 5.41) is 11.9. The van der Waals surface area contributed by atoms with Gasteiger partial charge in [-0.2, -0.15) is 10.2 Å². The van der Waals surface area contributed by atoms with E-state index in [-0.39, 0.29) is 12.6 Å². The number of carbonyl (C=O) groups is 1. The molecule has 0 aliphatic heterocycles. The van der Waals surface area contributed by atoms with E-state index in [1.165, 1.54) is 5.56 Å². The van der Waals surface area contributed by atoms with Crippen LogP contribution in [0.3, 0.4) is 0 Å². The molecule has 1 N–H and O–H groups in total. The second kappa shape index (κ2) is 10.1. The Balaban J connectivity index is 1.33. The molecule has 2 heterocycles. The zero-order valence-electron chi connectivity index (χ0n) is 19.3. The van der Waals surface area contributed by atoms with Gasteiger partial charge in [0.05, 0.1) is 29.3 Å². The number of aromatic nitrogens is 4. The lowest BCUT2D eigenvalue weighted by atomic mass is 10.1. The number of carbonyl (C=O) groups excluding carboxylic acids is 1. The summed E-state index contributed by atoms with van der Waals surface area (Å²) in [6.07, 6.45) is 6.08. The molecule has 1 amide bonds. The van der Waals surface area contributed by atoms with Crippen LogP contribution in [0.1, 0.15) is 22.8 Å². The quantitative estimate of drug-likeness (QED) is 0.326. The van der Waals surface area contributed by atoms with Crippen LogP contribution in [0.4, 0.5) is 5.69 Å². The van der Waals surface area contributed by atoms with Crippen LogP contribution >= 0.6 is 0 Å². The number of para-hydroxylation sites is 1. The third kappa shape index (κ3) is 5.14.